The predicted molar refractivity (Wildman–Crippen MR) is 78.3 cm³/mol. The van der Waals surface area contributed by atoms with Crippen LogP contribution in [0.1, 0.15) is 43.0 Å². The number of hydrogen-bond acceptors (Lipinski definition) is 2. The Morgan fingerprint density at radius 3 is 2.80 bits per heavy atom. The highest BCUT2D eigenvalue weighted by atomic mass is 16.4. The highest BCUT2D eigenvalue weighted by Crippen LogP contribution is 2.22. The first-order valence-electron chi connectivity index (χ1n) is 6.83. The lowest BCUT2D eigenvalue weighted by molar-refractivity contribution is -0.136. The first-order valence-corrected chi connectivity index (χ1v) is 6.83. The van der Waals surface area contributed by atoms with E-state index in [1.165, 1.54) is 0 Å². The molecule has 0 radical (unpaired) electrons. The van der Waals surface area contributed by atoms with Crippen molar-refractivity contribution in [1.82, 2.24) is 9.55 Å². The number of nitrogens with zero attached hydrogens (tertiary/aromatic N) is 2. The molecule has 4 heteroatoms. The molecule has 20 heavy (non-hydrogen) atoms. The Bertz CT molecular complexity index is 615. The number of benzene rings is 1. The summed E-state index contributed by atoms with van der Waals surface area (Å²) < 4.78 is 2.09. The summed E-state index contributed by atoms with van der Waals surface area (Å²) in [7, 11) is 0. The van der Waals surface area contributed by atoms with Gasteiger partial charge in [0.2, 0.25) is 0 Å². The van der Waals surface area contributed by atoms with E-state index in [2.05, 4.69) is 36.4 Å². The molecule has 0 aliphatic carbocycles. The fourth-order valence-corrected chi connectivity index (χ4v) is 2.26. The maximum atomic E-state index is 10.7. The Morgan fingerprint density at radius 2 is 2.15 bits per heavy atom. The van der Waals surface area contributed by atoms with E-state index in [4.69, 9.17) is 5.11 Å². The van der Waals surface area contributed by atoms with Crippen LogP contribution in [0, 0.1) is 6.92 Å². The van der Waals surface area contributed by atoms with Gasteiger partial charge in [0.15, 0.2) is 0 Å². The molecule has 2 aromatic rings. The molecule has 106 valence electrons. The summed E-state index contributed by atoms with van der Waals surface area (Å²) in [5, 5.41) is 8.78. The van der Waals surface area contributed by atoms with Crippen LogP contribution in [0.3, 0.4) is 0 Å². The van der Waals surface area contributed by atoms with Gasteiger partial charge in [-0.15, -0.1) is 0 Å². The van der Waals surface area contributed by atoms with E-state index < -0.39 is 5.97 Å². The first kappa shape index (κ1) is 14.3. The highest BCUT2D eigenvalue weighted by molar-refractivity contribution is 5.67. The van der Waals surface area contributed by atoms with Crippen LogP contribution in [-0.4, -0.2) is 20.6 Å². The standard InChI is InChI=1S/C16H20N2O2/c1-11(2)15-9-17-10-18(15)14-8-13(5-4-12(14)3)6-7-16(19)20/h4-5,8-11H,6-7H2,1-3H3,(H,19,20). The summed E-state index contributed by atoms with van der Waals surface area (Å²) in [5.41, 5.74) is 4.43. The fraction of sp³-hybridized carbons (Fsp3) is 0.375. The molecule has 0 atom stereocenters. The first-order chi connectivity index (χ1) is 9.49. The van der Waals surface area contributed by atoms with Crippen molar-refractivity contribution < 1.29 is 9.90 Å². The lowest BCUT2D eigenvalue weighted by atomic mass is 10.0. The van der Waals surface area contributed by atoms with E-state index in [0.717, 1.165) is 22.5 Å². The van der Waals surface area contributed by atoms with Gasteiger partial charge in [0.05, 0.1) is 6.33 Å². The Morgan fingerprint density at radius 1 is 1.40 bits per heavy atom. The van der Waals surface area contributed by atoms with Crippen LogP contribution in [0.15, 0.2) is 30.7 Å². The molecule has 0 aliphatic rings. The SMILES string of the molecule is Cc1ccc(CCC(=O)O)cc1-n1cncc1C(C)C. The molecule has 1 aromatic heterocycles. The lowest BCUT2D eigenvalue weighted by Crippen LogP contribution is -2.04. The number of hydrogen-bond donors (Lipinski definition) is 1. The molecule has 2 rings (SSSR count). The zero-order valence-electron chi connectivity index (χ0n) is 12.1. The van der Waals surface area contributed by atoms with E-state index in [9.17, 15) is 4.79 Å². The van der Waals surface area contributed by atoms with E-state index in [0.29, 0.717) is 12.3 Å². The van der Waals surface area contributed by atoms with E-state index >= 15 is 0 Å². The number of imidazole rings is 1. The molecule has 0 amide bonds. The Kier molecular flexibility index (Phi) is 4.23. The van der Waals surface area contributed by atoms with Crippen LogP contribution in [0.25, 0.3) is 5.69 Å². The van der Waals surface area contributed by atoms with E-state index in [1.54, 1.807) is 0 Å². The fourth-order valence-electron chi connectivity index (χ4n) is 2.26. The summed E-state index contributed by atoms with van der Waals surface area (Å²) in [6.45, 7) is 6.33. The number of rotatable bonds is 5. The second kappa shape index (κ2) is 5.90. The third-order valence-corrected chi connectivity index (χ3v) is 3.42. The van der Waals surface area contributed by atoms with Crippen molar-refractivity contribution >= 4 is 5.97 Å². The molecule has 1 heterocycles. The molecule has 0 unspecified atom stereocenters. The molecule has 1 N–H and O–H groups in total. The van der Waals surface area contributed by atoms with Crippen molar-refractivity contribution in [2.45, 2.75) is 39.5 Å². The van der Waals surface area contributed by atoms with E-state index in [1.807, 2.05) is 24.7 Å². The summed E-state index contributed by atoms with van der Waals surface area (Å²) in [6, 6.07) is 6.09. The van der Waals surface area contributed by atoms with Gasteiger partial charge in [0.1, 0.15) is 0 Å². The minimum Gasteiger partial charge on any atom is -0.481 e. The molecule has 4 nitrogen and oxygen atoms in total. The number of aryl methyl sites for hydroxylation is 2. The third kappa shape index (κ3) is 3.07. The zero-order valence-corrected chi connectivity index (χ0v) is 12.1. The average molecular weight is 272 g/mol. The second-order valence-electron chi connectivity index (χ2n) is 5.36. The topological polar surface area (TPSA) is 55.1 Å². The minimum atomic E-state index is -0.766. The molecule has 0 fully saturated rings. The Balaban J connectivity index is 2.37. The number of carboxylic acids is 1. The van der Waals surface area contributed by atoms with Crippen molar-refractivity contribution in [3.63, 3.8) is 0 Å². The van der Waals surface area contributed by atoms with E-state index in [-0.39, 0.29) is 6.42 Å². The number of carbonyl (C=O) groups is 1. The molecule has 0 bridgehead atoms. The quantitative estimate of drug-likeness (QED) is 0.908. The number of aromatic nitrogens is 2. The van der Waals surface area contributed by atoms with Crippen LogP contribution in [0.5, 0.6) is 0 Å². The van der Waals surface area contributed by atoms with Gasteiger partial charge in [-0.25, -0.2) is 4.98 Å². The van der Waals surface area contributed by atoms with Crippen molar-refractivity contribution in [3.8, 4) is 5.69 Å². The smallest absolute Gasteiger partial charge is 0.303 e. The molecule has 0 saturated carbocycles. The Hall–Kier alpha value is -2.10. The van der Waals surface area contributed by atoms with Crippen molar-refractivity contribution in [2.24, 2.45) is 0 Å². The van der Waals surface area contributed by atoms with Crippen LogP contribution in [-0.2, 0) is 11.2 Å². The van der Waals surface area contributed by atoms with Crippen molar-refractivity contribution in [2.75, 3.05) is 0 Å². The minimum absolute atomic E-state index is 0.156. The molecule has 0 saturated heterocycles. The summed E-state index contributed by atoms with van der Waals surface area (Å²) in [6.07, 6.45) is 4.41. The van der Waals surface area contributed by atoms with Gasteiger partial charge in [-0.2, -0.15) is 0 Å². The maximum Gasteiger partial charge on any atom is 0.303 e. The van der Waals surface area contributed by atoms with Crippen molar-refractivity contribution in [1.29, 1.82) is 0 Å². The molecular formula is C16H20N2O2. The van der Waals surface area contributed by atoms with Gasteiger partial charge in [0.25, 0.3) is 0 Å². The monoisotopic (exact) mass is 272 g/mol. The normalized spacial score (nSPS) is 11.0. The number of carboxylic acid groups (broad SMARTS) is 1. The molecule has 0 spiro atoms. The van der Waals surface area contributed by atoms with Gasteiger partial charge in [-0.3, -0.25) is 4.79 Å². The summed E-state index contributed by atoms with van der Waals surface area (Å²) in [4.78, 5) is 14.9. The third-order valence-electron chi connectivity index (χ3n) is 3.42. The molecule has 1 aromatic carbocycles. The zero-order chi connectivity index (χ0) is 14.7. The van der Waals surface area contributed by atoms with Gasteiger partial charge >= 0.3 is 5.97 Å². The molecule has 0 aliphatic heterocycles. The summed E-state index contributed by atoms with van der Waals surface area (Å²) in [5.74, 6) is -0.378. The van der Waals surface area contributed by atoms with Gasteiger partial charge in [-0.1, -0.05) is 26.0 Å². The van der Waals surface area contributed by atoms with Crippen LogP contribution in [0.4, 0.5) is 0 Å². The summed E-state index contributed by atoms with van der Waals surface area (Å²) >= 11 is 0. The maximum absolute atomic E-state index is 10.7. The second-order valence-corrected chi connectivity index (χ2v) is 5.36. The van der Waals surface area contributed by atoms with Gasteiger partial charge in [0, 0.05) is 24.0 Å². The Labute approximate surface area is 119 Å². The average Bonchev–Trinajstić information content (AvgIpc) is 2.87. The van der Waals surface area contributed by atoms with Crippen LogP contribution < -0.4 is 0 Å². The largest absolute Gasteiger partial charge is 0.481 e. The van der Waals surface area contributed by atoms with Gasteiger partial charge in [-0.05, 0) is 36.5 Å². The lowest BCUT2D eigenvalue weighted by Gasteiger charge is -2.14. The van der Waals surface area contributed by atoms with Crippen LogP contribution >= 0.6 is 0 Å². The van der Waals surface area contributed by atoms with Crippen LogP contribution in [0.2, 0.25) is 0 Å². The predicted octanol–water partition coefficient (Wildman–Crippen LogP) is 3.32. The highest BCUT2D eigenvalue weighted by Gasteiger charge is 2.11. The van der Waals surface area contributed by atoms with Gasteiger partial charge < -0.3 is 9.67 Å². The van der Waals surface area contributed by atoms with Crippen molar-refractivity contribution in [3.05, 3.63) is 47.5 Å². The molecular weight excluding hydrogens is 252 g/mol. The number of aliphatic carboxylic acids is 1.